The van der Waals surface area contributed by atoms with Crippen LogP contribution >= 0.6 is 12.4 Å². The van der Waals surface area contributed by atoms with Gasteiger partial charge in [0.15, 0.2) is 0 Å². The predicted octanol–water partition coefficient (Wildman–Crippen LogP) is 1.19. The van der Waals surface area contributed by atoms with Crippen LogP contribution in [0.2, 0.25) is 0 Å². The minimum Gasteiger partial charge on any atom is -0.324 e. The largest absolute Gasteiger partial charge is 0.324 e. The van der Waals surface area contributed by atoms with Crippen LogP contribution in [0.5, 0.6) is 0 Å². The lowest BCUT2D eigenvalue weighted by Gasteiger charge is -1.93. The van der Waals surface area contributed by atoms with Crippen molar-refractivity contribution in [3.63, 3.8) is 0 Å². The zero-order chi connectivity index (χ0) is 5.82. The molecule has 0 saturated heterocycles. The van der Waals surface area contributed by atoms with Crippen LogP contribution in [0.15, 0.2) is 24.3 Å². The molecule has 2 nitrogen and oxygen atoms in total. The van der Waals surface area contributed by atoms with E-state index in [-0.39, 0.29) is 12.4 Å². The average molecular weight is 144 g/mol. The van der Waals surface area contributed by atoms with Gasteiger partial charge in [-0.05, 0) is 18.2 Å². The van der Waals surface area contributed by atoms with Crippen molar-refractivity contribution in [2.24, 2.45) is 5.84 Å². The van der Waals surface area contributed by atoms with Crippen LogP contribution < -0.4 is 11.3 Å². The Morgan fingerprint density at radius 3 is 2.67 bits per heavy atom. The maximum absolute atomic E-state index is 5.08. The molecule has 0 fully saturated rings. The van der Waals surface area contributed by atoms with E-state index < -0.39 is 0 Å². The fourth-order valence-corrected chi connectivity index (χ4v) is 0.483. The van der Waals surface area contributed by atoms with Crippen LogP contribution in [0.4, 0.5) is 5.69 Å². The molecule has 0 amide bonds. The van der Waals surface area contributed by atoms with Gasteiger partial charge in [-0.2, -0.15) is 0 Å². The van der Waals surface area contributed by atoms with Gasteiger partial charge in [0.25, 0.3) is 0 Å². The Hall–Kier alpha value is -0.730. The lowest BCUT2D eigenvalue weighted by molar-refractivity contribution is 1.35. The van der Waals surface area contributed by atoms with Gasteiger partial charge in [-0.15, -0.1) is 12.4 Å². The summed E-state index contributed by atoms with van der Waals surface area (Å²) in [7, 11) is 0. The monoisotopic (exact) mass is 143 g/mol. The van der Waals surface area contributed by atoms with Crippen molar-refractivity contribution < 1.29 is 0 Å². The van der Waals surface area contributed by atoms with Crippen molar-refractivity contribution in [2.75, 3.05) is 5.43 Å². The zero-order valence-electron chi connectivity index (χ0n) is 4.79. The third kappa shape index (κ3) is 2.35. The van der Waals surface area contributed by atoms with Crippen molar-refractivity contribution in [1.82, 2.24) is 0 Å². The van der Waals surface area contributed by atoms with Gasteiger partial charge >= 0.3 is 0 Å². The van der Waals surface area contributed by atoms with Gasteiger partial charge in [-0.3, -0.25) is 5.84 Å². The minimum absolute atomic E-state index is 0. The van der Waals surface area contributed by atoms with E-state index in [1.54, 1.807) is 6.07 Å². The summed E-state index contributed by atoms with van der Waals surface area (Å²) < 4.78 is 0. The summed E-state index contributed by atoms with van der Waals surface area (Å²) in [4.78, 5) is 0. The van der Waals surface area contributed by atoms with E-state index in [1.807, 2.05) is 18.2 Å². The standard InChI is InChI=1S/C6H7N2.ClH/c7-8-6-4-2-1-3-5-6;/h1-2,4-5,8H,7H2;1H. The zero-order valence-corrected chi connectivity index (χ0v) is 5.61. The number of halogens is 1. The minimum atomic E-state index is 0. The normalized spacial score (nSPS) is 7.67. The molecule has 0 saturated carbocycles. The molecule has 0 aromatic heterocycles. The maximum atomic E-state index is 5.08. The molecule has 0 bridgehead atoms. The molecule has 0 heterocycles. The molecule has 1 rings (SSSR count). The number of rotatable bonds is 1. The van der Waals surface area contributed by atoms with E-state index in [1.165, 1.54) is 0 Å². The maximum Gasteiger partial charge on any atom is 0.0491 e. The number of anilines is 1. The van der Waals surface area contributed by atoms with Crippen LogP contribution in [0, 0.1) is 6.07 Å². The molecular weight excluding hydrogens is 136 g/mol. The second kappa shape index (κ2) is 4.18. The van der Waals surface area contributed by atoms with E-state index in [9.17, 15) is 0 Å². The summed E-state index contributed by atoms with van der Waals surface area (Å²) in [6.45, 7) is 0. The summed E-state index contributed by atoms with van der Waals surface area (Å²) in [5.74, 6) is 5.08. The number of benzene rings is 1. The van der Waals surface area contributed by atoms with Crippen LogP contribution in [0.3, 0.4) is 0 Å². The molecule has 0 spiro atoms. The van der Waals surface area contributed by atoms with Gasteiger partial charge in [0.2, 0.25) is 0 Å². The molecule has 49 valence electrons. The Morgan fingerprint density at radius 2 is 2.33 bits per heavy atom. The van der Waals surface area contributed by atoms with Crippen molar-refractivity contribution in [3.05, 3.63) is 30.3 Å². The van der Waals surface area contributed by atoms with Gasteiger partial charge < -0.3 is 5.43 Å². The van der Waals surface area contributed by atoms with E-state index in [0.717, 1.165) is 5.69 Å². The van der Waals surface area contributed by atoms with Gasteiger partial charge in [0.05, 0.1) is 0 Å². The molecule has 0 aliphatic heterocycles. The van der Waals surface area contributed by atoms with Gasteiger partial charge in [-0.25, -0.2) is 0 Å². The highest BCUT2D eigenvalue weighted by atomic mass is 35.5. The molecule has 1 aromatic carbocycles. The molecule has 0 atom stereocenters. The molecule has 0 unspecified atom stereocenters. The molecule has 3 N–H and O–H groups in total. The first kappa shape index (κ1) is 8.27. The summed E-state index contributed by atoms with van der Waals surface area (Å²) in [6, 6.07) is 10.2. The van der Waals surface area contributed by atoms with Gasteiger partial charge in [0, 0.05) is 5.69 Å². The third-order valence-electron chi connectivity index (χ3n) is 0.874. The summed E-state index contributed by atoms with van der Waals surface area (Å²) in [6.07, 6.45) is 0. The number of hydrogen-bond donors (Lipinski definition) is 2. The van der Waals surface area contributed by atoms with E-state index >= 15 is 0 Å². The van der Waals surface area contributed by atoms with Gasteiger partial charge in [-0.1, -0.05) is 12.1 Å². The number of hydrazine groups is 1. The molecule has 0 aliphatic carbocycles. The van der Waals surface area contributed by atoms with Crippen LogP contribution in [0.25, 0.3) is 0 Å². The fraction of sp³-hybridized carbons (Fsp3) is 0. The van der Waals surface area contributed by atoms with Crippen LogP contribution in [-0.4, -0.2) is 0 Å². The predicted molar refractivity (Wildman–Crippen MR) is 40.3 cm³/mol. The third-order valence-corrected chi connectivity index (χ3v) is 0.874. The first-order chi connectivity index (χ1) is 3.93. The quantitative estimate of drug-likeness (QED) is 0.458. The Morgan fingerprint density at radius 1 is 1.56 bits per heavy atom. The number of nitrogens with two attached hydrogens (primary N) is 1. The van der Waals surface area contributed by atoms with E-state index in [0.29, 0.717) is 0 Å². The Balaban J connectivity index is 0.000000640. The molecule has 1 radical (unpaired) electrons. The molecule has 9 heavy (non-hydrogen) atoms. The Bertz CT molecular complexity index is 152. The number of nitrogens with one attached hydrogen (secondary N) is 1. The molecule has 0 aliphatic rings. The highest BCUT2D eigenvalue weighted by molar-refractivity contribution is 5.85. The summed E-state index contributed by atoms with van der Waals surface area (Å²) in [5.41, 5.74) is 3.38. The SMILES string of the molecule is Cl.NNc1c[c]ccc1. The first-order valence-corrected chi connectivity index (χ1v) is 2.36. The van der Waals surface area contributed by atoms with Gasteiger partial charge in [0.1, 0.15) is 0 Å². The smallest absolute Gasteiger partial charge is 0.0491 e. The number of hydrogen-bond acceptors (Lipinski definition) is 2. The van der Waals surface area contributed by atoms with Crippen molar-refractivity contribution in [3.8, 4) is 0 Å². The van der Waals surface area contributed by atoms with Crippen molar-refractivity contribution in [1.29, 1.82) is 0 Å². The lowest BCUT2D eigenvalue weighted by Crippen LogP contribution is -2.05. The van der Waals surface area contributed by atoms with E-state index in [4.69, 9.17) is 5.84 Å². The lowest BCUT2D eigenvalue weighted by atomic mass is 10.3. The topological polar surface area (TPSA) is 38.0 Å². The van der Waals surface area contributed by atoms with Crippen molar-refractivity contribution >= 4 is 18.1 Å². The fourth-order valence-electron chi connectivity index (χ4n) is 0.483. The van der Waals surface area contributed by atoms with Crippen molar-refractivity contribution in [2.45, 2.75) is 0 Å². The summed E-state index contributed by atoms with van der Waals surface area (Å²) in [5, 5.41) is 0. The molecular formula is C6H8ClN2. The van der Waals surface area contributed by atoms with E-state index in [2.05, 4.69) is 11.5 Å². The number of nitrogen functional groups attached to an aromatic ring is 1. The Kier molecular flexibility index (Phi) is 3.84. The second-order valence-corrected chi connectivity index (χ2v) is 1.44. The highest BCUT2D eigenvalue weighted by Crippen LogP contribution is 1.99. The first-order valence-electron chi connectivity index (χ1n) is 2.36. The molecule has 1 aromatic rings. The summed E-state index contributed by atoms with van der Waals surface area (Å²) >= 11 is 0. The van der Waals surface area contributed by atoms with Crippen LogP contribution in [0.1, 0.15) is 0 Å². The second-order valence-electron chi connectivity index (χ2n) is 1.44. The highest BCUT2D eigenvalue weighted by Gasteiger charge is 1.78. The Labute approximate surface area is 60.4 Å². The van der Waals surface area contributed by atoms with Crippen LogP contribution in [-0.2, 0) is 0 Å². The average Bonchev–Trinajstić information content (AvgIpc) is 1.90. The molecule has 3 heteroatoms.